The van der Waals surface area contributed by atoms with Crippen LogP contribution in [0.1, 0.15) is 12.8 Å². The van der Waals surface area contributed by atoms with Crippen LogP contribution in [0.3, 0.4) is 0 Å². The molecule has 100 valence electrons. The van der Waals surface area contributed by atoms with E-state index in [2.05, 4.69) is 27.1 Å². The molecule has 0 unspecified atom stereocenters. The van der Waals surface area contributed by atoms with Gasteiger partial charge in [0.15, 0.2) is 11.0 Å². The molecule has 0 amide bonds. The van der Waals surface area contributed by atoms with Crippen molar-refractivity contribution < 1.29 is 0 Å². The molecule has 1 aromatic rings. The highest BCUT2D eigenvalue weighted by Gasteiger charge is 2.20. The van der Waals surface area contributed by atoms with Crippen LogP contribution in [0.4, 0.5) is 5.82 Å². The normalized spacial score (nSPS) is 18.0. The molecule has 0 aliphatic carbocycles. The number of halogens is 2. The SMILES string of the molecule is CN1CCC(CN(C)c2nc(Cl)nnc2Cl)CC1. The summed E-state index contributed by atoms with van der Waals surface area (Å²) in [7, 11) is 4.12. The van der Waals surface area contributed by atoms with Crippen molar-refractivity contribution in [1.82, 2.24) is 20.1 Å². The van der Waals surface area contributed by atoms with Gasteiger partial charge in [0.1, 0.15) is 0 Å². The predicted molar refractivity (Wildman–Crippen MR) is 73.3 cm³/mol. The second-order valence-electron chi connectivity index (χ2n) is 4.82. The fraction of sp³-hybridized carbons (Fsp3) is 0.727. The lowest BCUT2D eigenvalue weighted by molar-refractivity contribution is 0.222. The Balaban J connectivity index is 1.98. The zero-order chi connectivity index (χ0) is 13.1. The van der Waals surface area contributed by atoms with E-state index in [9.17, 15) is 0 Å². The maximum Gasteiger partial charge on any atom is 0.245 e. The number of piperidine rings is 1. The van der Waals surface area contributed by atoms with Gasteiger partial charge in [-0.2, -0.15) is 4.98 Å². The van der Waals surface area contributed by atoms with Gasteiger partial charge in [0.05, 0.1) is 0 Å². The summed E-state index contributed by atoms with van der Waals surface area (Å²) in [5, 5.41) is 7.82. The molecule has 1 aromatic heterocycles. The summed E-state index contributed by atoms with van der Waals surface area (Å²) in [4.78, 5) is 8.50. The molecule has 0 atom stereocenters. The summed E-state index contributed by atoms with van der Waals surface area (Å²) in [5.74, 6) is 1.27. The van der Waals surface area contributed by atoms with Crippen LogP contribution < -0.4 is 4.90 Å². The Kier molecular flexibility index (Phi) is 4.59. The third-order valence-corrected chi connectivity index (χ3v) is 3.74. The van der Waals surface area contributed by atoms with E-state index in [1.807, 2.05) is 11.9 Å². The molecule has 1 saturated heterocycles. The van der Waals surface area contributed by atoms with Crippen molar-refractivity contribution in [3.8, 4) is 0 Å². The average molecular weight is 290 g/mol. The lowest BCUT2D eigenvalue weighted by Crippen LogP contribution is -2.36. The second kappa shape index (κ2) is 5.99. The van der Waals surface area contributed by atoms with Crippen molar-refractivity contribution in [3.05, 3.63) is 10.4 Å². The van der Waals surface area contributed by atoms with Crippen molar-refractivity contribution in [1.29, 1.82) is 0 Å². The van der Waals surface area contributed by atoms with E-state index in [1.54, 1.807) is 0 Å². The third-order valence-electron chi connectivity index (χ3n) is 3.33. The maximum atomic E-state index is 5.99. The van der Waals surface area contributed by atoms with Crippen molar-refractivity contribution in [3.63, 3.8) is 0 Å². The molecule has 0 aromatic carbocycles. The van der Waals surface area contributed by atoms with Crippen molar-refractivity contribution >= 4 is 29.0 Å². The van der Waals surface area contributed by atoms with E-state index in [4.69, 9.17) is 23.2 Å². The topological polar surface area (TPSA) is 45.2 Å². The van der Waals surface area contributed by atoms with Crippen LogP contribution in [-0.4, -0.2) is 53.8 Å². The van der Waals surface area contributed by atoms with E-state index >= 15 is 0 Å². The van der Waals surface area contributed by atoms with E-state index in [0.29, 0.717) is 16.9 Å². The molecule has 18 heavy (non-hydrogen) atoms. The zero-order valence-electron chi connectivity index (χ0n) is 10.6. The fourth-order valence-corrected chi connectivity index (χ4v) is 2.59. The van der Waals surface area contributed by atoms with Gasteiger partial charge in [0.2, 0.25) is 5.28 Å². The number of anilines is 1. The Labute approximate surface area is 117 Å². The summed E-state index contributed by atoms with van der Waals surface area (Å²) in [6.45, 7) is 3.21. The third kappa shape index (κ3) is 3.43. The molecule has 2 rings (SSSR count). The van der Waals surface area contributed by atoms with Crippen LogP contribution in [0.5, 0.6) is 0 Å². The van der Waals surface area contributed by atoms with Gasteiger partial charge in [-0.1, -0.05) is 11.6 Å². The number of aromatic nitrogens is 3. The quantitative estimate of drug-likeness (QED) is 0.851. The lowest BCUT2D eigenvalue weighted by Gasteiger charge is -2.32. The van der Waals surface area contributed by atoms with E-state index in [-0.39, 0.29) is 5.28 Å². The lowest BCUT2D eigenvalue weighted by atomic mass is 9.97. The van der Waals surface area contributed by atoms with E-state index in [1.165, 1.54) is 12.8 Å². The molecule has 0 N–H and O–H groups in total. The summed E-state index contributed by atoms with van der Waals surface area (Å²) in [5.41, 5.74) is 0. The van der Waals surface area contributed by atoms with Crippen LogP contribution in [0, 0.1) is 5.92 Å². The van der Waals surface area contributed by atoms with Gasteiger partial charge in [-0.05, 0) is 50.5 Å². The molecule has 5 nitrogen and oxygen atoms in total. The fourth-order valence-electron chi connectivity index (χ4n) is 2.25. The molecular formula is C11H17Cl2N5. The van der Waals surface area contributed by atoms with Crippen LogP contribution in [0.2, 0.25) is 10.4 Å². The molecule has 0 spiro atoms. The Hall–Kier alpha value is -0.650. The maximum absolute atomic E-state index is 5.99. The second-order valence-corrected chi connectivity index (χ2v) is 5.52. The van der Waals surface area contributed by atoms with Crippen LogP contribution in [0.15, 0.2) is 0 Å². The molecule has 0 radical (unpaired) electrons. The summed E-state index contributed by atoms with van der Waals surface area (Å²) in [6, 6.07) is 0. The van der Waals surface area contributed by atoms with Crippen LogP contribution in [-0.2, 0) is 0 Å². The first-order valence-electron chi connectivity index (χ1n) is 6.01. The van der Waals surface area contributed by atoms with Gasteiger partial charge < -0.3 is 9.80 Å². The molecule has 0 saturated carbocycles. The minimum atomic E-state index is 0.129. The molecule has 7 heteroatoms. The van der Waals surface area contributed by atoms with Crippen molar-refractivity contribution in [2.75, 3.05) is 38.6 Å². The summed E-state index contributed by atoms with van der Waals surface area (Å²) < 4.78 is 0. The van der Waals surface area contributed by atoms with Crippen LogP contribution in [0.25, 0.3) is 0 Å². The number of hydrogen-bond acceptors (Lipinski definition) is 5. The largest absolute Gasteiger partial charge is 0.357 e. The predicted octanol–water partition coefficient (Wildman–Crippen LogP) is 1.96. The minimum Gasteiger partial charge on any atom is -0.357 e. The van der Waals surface area contributed by atoms with Gasteiger partial charge in [-0.25, -0.2) is 0 Å². The highest BCUT2D eigenvalue weighted by atomic mass is 35.5. The van der Waals surface area contributed by atoms with Crippen molar-refractivity contribution in [2.24, 2.45) is 5.92 Å². The number of likely N-dealkylation sites (tertiary alicyclic amines) is 1. The van der Waals surface area contributed by atoms with E-state index in [0.717, 1.165) is 19.6 Å². The number of hydrogen-bond donors (Lipinski definition) is 0. The van der Waals surface area contributed by atoms with E-state index < -0.39 is 0 Å². The Morgan fingerprint density at radius 2 is 1.94 bits per heavy atom. The van der Waals surface area contributed by atoms with Gasteiger partial charge >= 0.3 is 0 Å². The summed E-state index contributed by atoms with van der Waals surface area (Å²) >= 11 is 11.7. The molecule has 1 fully saturated rings. The minimum absolute atomic E-state index is 0.129. The van der Waals surface area contributed by atoms with Crippen molar-refractivity contribution in [2.45, 2.75) is 12.8 Å². The molecular weight excluding hydrogens is 273 g/mol. The Morgan fingerprint density at radius 1 is 1.28 bits per heavy atom. The van der Waals surface area contributed by atoms with Crippen LogP contribution >= 0.6 is 23.2 Å². The number of nitrogens with zero attached hydrogens (tertiary/aromatic N) is 5. The first-order chi connectivity index (χ1) is 8.56. The smallest absolute Gasteiger partial charge is 0.245 e. The van der Waals surface area contributed by atoms with Gasteiger partial charge in [-0.3, -0.25) is 0 Å². The first kappa shape index (κ1) is 13.8. The monoisotopic (exact) mass is 289 g/mol. The highest BCUT2D eigenvalue weighted by molar-refractivity contribution is 6.32. The first-order valence-corrected chi connectivity index (χ1v) is 6.77. The standard InChI is InChI=1S/C11H17Cl2N5/c1-17-5-3-8(4-6-17)7-18(2)10-9(12)15-16-11(13)14-10/h8H,3-7H2,1-2H3. The molecule has 1 aliphatic heterocycles. The van der Waals surface area contributed by atoms with Gasteiger partial charge in [-0.15, -0.1) is 10.2 Å². The zero-order valence-corrected chi connectivity index (χ0v) is 12.1. The van der Waals surface area contributed by atoms with Gasteiger partial charge in [0, 0.05) is 13.6 Å². The Morgan fingerprint density at radius 3 is 2.61 bits per heavy atom. The number of rotatable bonds is 3. The highest BCUT2D eigenvalue weighted by Crippen LogP contribution is 2.24. The molecule has 0 bridgehead atoms. The van der Waals surface area contributed by atoms with Gasteiger partial charge in [0.25, 0.3) is 0 Å². The average Bonchev–Trinajstić information content (AvgIpc) is 2.35. The summed E-state index contributed by atoms with van der Waals surface area (Å²) in [6.07, 6.45) is 2.40. The Bertz CT molecular complexity index is 406. The molecule has 2 heterocycles. The molecule has 1 aliphatic rings.